The maximum Gasteiger partial charge on any atom is 0.524 e. The van der Waals surface area contributed by atoms with Crippen molar-refractivity contribution in [3.8, 4) is 0 Å². The average Bonchev–Trinajstić information content (AvgIpc) is 2.96. The van der Waals surface area contributed by atoms with Crippen molar-refractivity contribution in [3.63, 3.8) is 0 Å². The number of imide groups is 1. The van der Waals surface area contributed by atoms with Gasteiger partial charge in [-0.05, 0) is 44.7 Å². The van der Waals surface area contributed by atoms with Gasteiger partial charge in [-0.2, -0.15) is 4.79 Å². The van der Waals surface area contributed by atoms with Crippen molar-refractivity contribution in [3.05, 3.63) is 71.8 Å². The predicted octanol–water partition coefficient (Wildman–Crippen LogP) is 5.53. The van der Waals surface area contributed by atoms with Crippen LogP contribution in [0.15, 0.2) is 60.7 Å². The topological polar surface area (TPSA) is 108 Å². The minimum atomic E-state index is -1.84. The van der Waals surface area contributed by atoms with Crippen molar-refractivity contribution in [2.45, 2.75) is 62.1 Å². The van der Waals surface area contributed by atoms with E-state index in [0.717, 1.165) is 11.1 Å². The highest BCUT2D eigenvalue weighted by molar-refractivity contribution is 6.67. The number of halogens is 3. The van der Waals surface area contributed by atoms with Crippen molar-refractivity contribution in [2.24, 2.45) is 5.92 Å². The molecule has 1 heterocycles. The third kappa shape index (κ3) is 10.5. The Kier molecular flexibility index (Phi) is 12.4. The number of quaternary nitrogens is 1. The van der Waals surface area contributed by atoms with Gasteiger partial charge in [0, 0.05) is 6.54 Å². The van der Waals surface area contributed by atoms with Crippen molar-refractivity contribution in [2.75, 3.05) is 26.2 Å². The molecule has 12 heteroatoms. The van der Waals surface area contributed by atoms with Crippen molar-refractivity contribution in [1.82, 2.24) is 5.32 Å². The standard InChI is InChI=1S/C31H38Cl3N2O7/c1-30(2,3)43-29(40)36(17-16-35-19-25(36)28(39)41-20-23-12-8-5-9-13-23)27(38)24(15-14-22-10-6-4-7-11-22)18-26(37)42-21-31(32,33)34/h4-13,24-25,35H,14-21H2,1-3H3/q+1/t24-,25?,36-/m1/s1. The number of ether oxygens (including phenoxy) is 3. The van der Waals surface area contributed by atoms with E-state index in [-0.39, 0.29) is 32.7 Å². The minimum Gasteiger partial charge on any atom is -0.461 e. The molecule has 0 saturated carbocycles. The van der Waals surface area contributed by atoms with E-state index in [9.17, 15) is 19.2 Å². The van der Waals surface area contributed by atoms with E-state index in [4.69, 9.17) is 49.0 Å². The van der Waals surface area contributed by atoms with Gasteiger partial charge >= 0.3 is 23.9 Å². The van der Waals surface area contributed by atoms with Crippen molar-refractivity contribution in [1.29, 1.82) is 0 Å². The van der Waals surface area contributed by atoms with Crippen LogP contribution >= 0.6 is 34.8 Å². The zero-order valence-electron chi connectivity index (χ0n) is 24.5. The molecule has 0 spiro atoms. The van der Waals surface area contributed by atoms with E-state index < -0.39 is 62.8 Å². The van der Waals surface area contributed by atoms with Gasteiger partial charge in [0.1, 0.15) is 25.4 Å². The van der Waals surface area contributed by atoms with Crippen LogP contribution in [0.25, 0.3) is 0 Å². The Morgan fingerprint density at radius 2 is 1.53 bits per heavy atom. The SMILES string of the molecule is CC(C)(C)OC(=O)[N@+]1(C(=O)[C@H](CCc2ccccc2)CC(=O)OCC(Cl)(Cl)Cl)CCNCC1C(=O)OCc1ccccc1. The highest BCUT2D eigenvalue weighted by atomic mass is 35.6. The molecule has 0 radical (unpaired) electrons. The lowest BCUT2D eigenvalue weighted by Gasteiger charge is -2.42. The highest BCUT2D eigenvalue weighted by Crippen LogP contribution is 2.31. The largest absolute Gasteiger partial charge is 0.524 e. The first kappa shape index (κ1) is 34.8. The van der Waals surface area contributed by atoms with Gasteiger partial charge in [-0.15, -0.1) is 4.48 Å². The van der Waals surface area contributed by atoms with E-state index in [1.54, 1.807) is 32.9 Å². The zero-order chi connectivity index (χ0) is 31.7. The summed E-state index contributed by atoms with van der Waals surface area (Å²) in [7, 11) is 0. The summed E-state index contributed by atoms with van der Waals surface area (Å²) in [5.74, 6) is -3.19. The first-order valence-corrected chi connectivity index (χ1v) is 15.2. The molecule has 0 bridgehead atoms. The second-order valence-electron chi connectivity index (χ2n) is 11.4. The summed E-state index contributed by atoms with van der Waals surface area (Å²) in [6.45, 7) is 4.63. The van der Waals surface area contributed by atoms with E-state index in [2.05, 4.69) is 5.32 Å². The average molecular weight is 657 g/mol. The smallest absolute Gasteiger partial charge is 0.461 e. The van der Waals surface area contributed by atoms with Crippen LogP contribution in [0.2, 0.25) is 0 Å². The van der Waals surface area contributed by atoms with Gasteiger partial charge in [-0.1, -0.05) is 95.5 Å². The maximum absolute atomic E-state index is 14.6. The van der Waals surface area contributed by atoms with Crippen LogP contribution < -0.4 is 5.32 Å². The number of piperazine rings is 1. The summed E-state index contributed by atoms with van der Waals surface area (Å²) < 4.78 is 13.7. The lowest BCUT2D eigenvalue weighted by atomic mass is 9.92. The Labute approximate surface area is 267 Å². The number of hydrogen-bond acceptors (Lipinski definition) is 8. The molecule has 9 nitrogen and oxygen atoms in total. The molecular formula is C31H38Cl3N2O7+. The van der Waals surface area contributed by atoms with Crippen molar-refractivity contribution >= 4 is 58.7 Å². The summed E-state index contributed by atoms with van der Waals surface area (Å²) in [6.07, 6.45) is -0.674. The molecule has 0 aromatic heterocycles. The number of amides is 2. The number of aryl methyl sites for hydroxylation is 1. The fourth-order valence-electron chi connectivity index (χ4n) is 4.86. The molecular weight excluding hydrogens is 619 g/mol. The molecule has 2 aromatic rings. The molecule has 2 amide bonds. The number of carbonyl (C=O) groups excluding carboxylic acids is 4. The third-order valence-corrected chi connectivity index (χ3v) is 7.23. The molecule has 234 valence electrons. The van der Waals surface area contributed by atoms with Crippen LogP contribution in [0.4, 0.5) is 4.79 Å². The number of rotatable bonds is 10. The Hall–Kier alpha value is -2.69. The number of alkyl halides is 3. The molecule has 43 heavy (non-hydrogen) atoms. The summed E-state index contributed by atoms with van der Waals surface area (Å²) in [5.41, 5.74) is 0.714. The highest BCUT2D eigenvalue weighted by Gasteiger charge is 2.60. The van der Waals surface area contributed by atoms with Crippen LogP contribution in [0.5, 0.6) is 0 Å². The lowest BCUT2D eigenvalue weighted by molar-refractivity contribution is -0.806. The number of carbonyl (C=O) groups is 4. The van der Waals surface area contributed by atoms with E-state index in [1.807, 2.05) is 48.5 Å². The quantitative estimate of drug-likeness (QED) is 0.154. The molecule has 2 aromatic carbocycles. The Morgan fingerprint density at radius 1 is 0.930 bits per heavy atom. The van der Waals surface area contributed by atoms with Crippen LogP contribution in [0.1, 0.15) is 44.7 Å². The zero-order valence-corrected chi connectivity index (χ0v) is 26.8. The third-order valence-electron chi connectivity index (χ3n) is 6.90. The van der Waals surface area contributed by atoms with Gasteiger partial charge in [0.25, 0.3) is 0 Å². The Balaban J connectivity index is 1.98. The Morgan fingerprint density at radius 3 is 2.12 bits per heavy atom. The molecule has 1 unspecified atom stereocenters. The van der Waals surface area contributed by atoms with Crippen LogP contribution in [0, 0.1) is 5.92 Å². The van der Waals surface area contributed by atoms with Gasteiger partial charge in [0.15, 0.2) is 0 Å². The second-order valence-corrected chi connectivity index (χ2v) is 13.9. The molecule has 1 aliphatic rings. The number of benzene rings is 2. The maximum atomic E-state index is 14.6. The predicted molar refractivity (Wildman–Crippen MR) is 163 cm³/mol. The summed E-state index contributed by atoms with van der Waals surface area (Å²) in [5, 5.41) is 3.10. The summed E-state index contributed by atoms with van der Waals surface area (Å²) in [4.78, 5) is 55.2. The molecule has 1 N–H and O–H groups in total. The van der Waals surface area contributed by atoms with E-state index in [1.165, 1.54) is 0 Å². The second kappa shape index (κ2) is 15.3. The van der Waals surface area contributed by atoms with Crippen LogP contribution in [0.3, 0.4) is 0 Å². The summed E-state index contributed by atoms with van der Waals surface area (Å²) >= 11 is 17.3. The van der Waals surface area contributed by atoms with E-state index in [0.29, 0.717) is 6.42 Å². The minimum absolute atomic E-state index is 0.0122. The first-order valence-electron chi connectivity index (χ1n) is 14.0. The normalized spacial score (nSPS) is 19.6. The van der Waals surface area contributed by atoms with Gasteiger partial charge < -0.3 is 19.5 Å². The van der Waals surface area contributed by atoms with Gasteiger partial charge in [-0.25, -0.2) is 9.59 Å². The molecule has 1 fully saturated rings. The molecule has 3 atom stereocenters. The molecule has 0 aliphatic carbocycles. The number of nitrogens with one attached hydrogen (secondary N) is 1. The van der Waals surface area contributed by atoms with Crippen LogP contribution in [-0.4, -0.2) is 70.1 Å². The number of hydrogen-bond donors (Lipinski definition) is 1. The van der Waals surface area contributed by atoms with E-state index >= 15 is 0 Å². The fraction of sp³-hybridized carbons (Fsp3) is 0.484. The number of esters is 2. The molecule has 1 aliphatic heterocycles. The lowest BCUT2D eigenvalue weighted by Crippen LogP contribution is -2.74. The monoisotopic (exact) mass is 655 g/mol. The molecule has 1 saturated heterocycles. The fourth-order valence-corrected chi connectivity index (χ4v) is 5.02. The summed E-state index contributed by atoms with van der Waals surface area (Å²) in [6, 6.07) is 17.2. The van der Waals surface area contributed by atoms with Gasteiger partial charge in [-0.3, -0.25) is 4.79 Å². The molecule has 3 rings (SSSR count). The number of nitrogens with zero attached hydrogens (tertiary/aromatic N) is 1. The Bertz CT molecular complexity index is 1250. The van der Waals surface area contributed by atoms with Gasteiger partial charge in [0.2, 0.25) is 9.83 Å². The first-order chi connectivity index (χ1) is 20.2. The van der Waals surface area contributed by atoms with Gasteiger partial charge in [0.05, 0.1) is 18.9 Å². The van der Waals surface area contributed by atoms with Crippen molar-refractivity contribution < 1.29 is 37.9 Å². The van der Waals surface area contributed by atoms with Crippen LogP contribution in [-0.2, 0) is 41.6 Å².